The number of carbonyl (C=O) groups excluding carboxylic acids is 1. The molecule has 0 bridgehead atoms. The van der Waals surface area contributed by atoms with Crippen molar-refractivity contribution >= 4 is 33.2 Å². The topological polar surface area (TPSA) is 44.4 Å². The standard InChI is InChI=1S/C15H20BrN3O/c1-3-9-5-4-6-19(9)13-8-12-10(7-11(13)16)14(17-2)15(20)18-12/h7-9,14,17H,3-6H2,1-2H3,(H,18,20). The van der Waals surface area contributed by atoms with Gasteiger partial charge in [0.05, 0.1) is 5.69 Å². The molecule has 5 heteroatoms. The molecule has 2 aliphatic heterocycles. The third-order valence-electron chi connectivity index (χ3n) is 4.40. The summed E-state index contributed by atoms with van der Waals surface area (Å²) < 4.78 is 1.08. The maximum Gasteiger partial charge on any atom is 0.246 e. The zero-order chi connectivity index (χ0) is 14.3. The Hall–Kier alpha value is -1.07. The molecule has 2 aliphatic rings. The lowest BCUT2D eigenvalue weighted by Crippen LogP contribution is -2.28. The zero-order valence-electron chi connectivity index (χ0n) is 11.9. The summed E-state index contributed by atoms with van der Waals surface area (Å²) in [5.41, 5.74) is 3.17. The number of likely N-dealkylation sites (N-methyl/N-ethyl adjacent to an activating group) is 1. The molecule has 0 saturated carbocycles. The van der Waals surface area contributed by atoms with Gasteiger partial charge in [-0.3, -0.25) is 4.79 Å². The molecule has 0 radical (unpaired) electrons. The lowest BCUT2D eigenvalue weighted by Gasteiger charge is -2.27. The fourth-order valence-corrected chi connectivity index (χ4v) is 3.94. The normalized spacial score (nSPS) is 24.9. The molecular weight excluding hydrogens is 318 g/mol. The summed E-state index contributed by atoms with van der Waals surface area (Å²) in [6.45, 7) is 3.34. The minimum Gasteiger partial charge on any atom is -0.368 e. The first-order valence-corrected chi connectivity index (χ1v) is 8.03. The lowest BCUT2D eigenvalue weighted by molar-refractivity contribution is -0.117. The number of nitrogens with one attached hydrogen (secondary N) is 2. The van der Waals surface area contributed by atoms with Crippen LogP contribution in [0, 0.1) is 0 Å². The highest BCUT2D eigenvalue weighted by molar-refractivity contribution is 9.10. The second kappa shape index (κ2) is 5.37. The Kier molecular flexibility index (Phi) is 3.73. The molecule has 2 unspecified atom stereocenters. The van der Waals surface area contributed by atoms with Crippen LogP contribution in [0.5, 0.6) is 0 Å². The van der Waals surface area contributed by atoms with Gasteiger partial charge >= 0.3 is 0 Å². The molecule has 4 nitrogen and oxygen atoms in total. The molecule has 108 valence electrons. The maximum absolute atomic E-state index is 11.9. The Bertz CT molecular complexity index is 546. The number of hydrogen-bond donors (Lipinski definition) is 2. The minimum atomic E-state index is -0.240. The fraction of sp³-hybridized carbons (Fsp3) is 0.533. The van der Waals surface area contributed by atoms with Crippen LogP contribution in [0.4, 0.5) is 11.4 Å². The average molecular weight is 338 g/mol. The number of anilines is 2. The van der Waals surface area contributed by atoms with Gasteiger partial charge in [0.25, 0.3) is 0 Å². The van der Waals surface area contributed by atoms with Gasteiger partial charge in [0.15, 0.2) is 0 Å². The molecule has 1 aromatic carbocycles. The average Bonchev–Trinajstić information content (AvgIpc) is 3.00. The van der Waals surface area contributed by atoms with Crippen molar-refractivity contribution in [2.45, 2.75) is 38.3 Å². The Morgan fingerprint density at radius 3 is 3.00 bits per heavy atom. The van der Waals surface area contributed by atoms with Crippen molar-refractivity contribution in [1.29, 1.82) is 0 Å². The first-order chi connectivity index (χ1) is 9.65. The minimum absolute atomic E-state index is 0.0278. The van der Waals surface area contributed by atoms with E-state index < -0.39 is 0 Å². The van der Waals surface area contributed by atoms with Crippen molar-refractivity contribution in [1.82, 2.24) is 5.32 Å². The van der Waals surface area contributed by atoms with Crippen molar-refractivity contribution in [3.05, 3.63) is 22.2 Å². The molecule has 0 aromatic heterocycles. The Labute approximate surface area is 128 Å². The van der Waals surface area contributed by atoms with Crippen LogP contribution in [0.15, 0.2) is 16.6 Å². The van der Waals surface area contributed by atoms with E-state index in [4.69, 9.17) is 0 Å². The number of rotatable bonds is 3. The van der Waals surface area contributed by atoms with E-state index in [1.807, 2.05) is 7.05 Å². The van der Waals surface area contributed by atoms with Crippen LogP contribution in [0.3, 0.4) is 0 Å². The quantitative estimate of drug-likeness (QED) is 0.890. The summed E-state index contributed by atoms with van der Waals surface area (Å²) in [5, 5.41) is 6.03. The number of fused-ring (bicyclic) bond motifs is 1. The first-order valence-electron chi connectivity index (χ1n) is 7.24. The predicted molar refractivity (Wildman–Crippen MR) is 85.2 cm³/mol. The number of benzene rings is 1. The van der Waals surface area contributed by atoms with Crippen molar-refractivity contribution in [2.75, 3.05) is 23.8 Å². The van der Waals surface area contributed by atoms with Gasteiger partial charge < -0.3 is 15.5 Å². The lowest BCUT2D eigenvalue weighted by atomic mass is 10.1. The van der Waals surface area contributed by atoms with E-state index in [2.05, 4.69) is 50.5 Å². The second-order valence-corrected chi connectivity index (χ2v) is 6.35. The molecule has 3 rings (SSSR count). The van der Waals surface area contributed by atoms with E-state index in [-0.39, 0.29) is 11.9 Å². The molecule has 1 saturated heterocycles. The molecule has 0 aliphatic carbocycles. The molecule has 1 amide bonds. The highest BCUT2D eigenvalue weighted by atomic mass is 79.9. The summed E-state index contributed by atoms with van der Waals surface area (Å²) in [6.07, 6.45) is 3.66. The van der Waals surface area contributed by atoms with Gasteiger partial charge in [-0.25, -0.2) is 0 Å². The van der Waals surface area contributed by atoms with Gasteiger partial charge in [0.2, 0.25) is 5.91 Å². The summed E-state index contributed by atoms with van der Waals surface area (Å²) >= 11 is 3.68. The third-order valence-corrected chi connectivity index (χ3v) is 5.03. The van der Waals surface area contributed by atoms with E-state index in [1.54, 1.807) is 0 Å². The van der Waals surface area contributed by atoms with Crippen LogP contribution in [0.1, 0.15) is 37.8 Å². The maximum atomic E-state index is 11.9. The van der Waals surface area contributed by atoms with E-state index >= 15 is 0 Å². The van der Waals surface area contributed by atoms with Gasteiger partial charge in [-0.2, -0.15) is 0 Å². The Morgan fingerprint density at radius 2 is 2.30 bits per heavy atom. The summed E-state index contributed by atoms with van der Waals surface area (Å²) in [7, 11) is 1.81. The molecule has 1 fully saturated rings. The number of carbonyl (C=O) groups is 1. The van der Waals surface area contributed by atoms with Crippen LogP contribution in [-0.4, -0.2) is 25.5 Å². The van der Waals surface area contributed by atoms with E-state index in [9.17, 15) is 4.79 Å². The van der Waals surface area contributed by atoms with Gasteiger partial charge in [0.1, 0.15) is 6.04 Å². The van der Waals surface area contributed by atoms with Crippen LogP contribution < -0.4 is 15.5 Å². The fourth-order valence-electron chi connectivity index (χ4n) is 3.35. The SMILES string of the molecule is CCC1CCCN1c1cc2c(cc1Br)C(NC)C(=O)N2. The Balaban J connectivity index is 1.99. The van der Waals surface area contributed by atoms with E-state index in [0.717, 1.165) is 28.7 Å². The smallest absolute Gasteiger partial charge is 0.246 e. The monoisotopic (exact) mass is 337 g/mol. The van der Waals surface area contributed by atoms with Crippen molar-refractivity contribution in [3.8, 4) is 0 Å². The second-order valence-electron chi connectivity index (χ2n) is 5.50. The van der Waals surface area contributed by atoms with E-state index in [0.29, 0.717) is 6.04 Å². The molecule has 1 aromatic rings. The van der Waals surface area contributed by atoms with Crippen molar-refractivity contribution < 1.29 is 4.79 Å². The van der Waals surface area contributed by atoms with Crippen LogP contribution in [0.2, 0.25) is 0 Å². The summed E-state index contributed by atoms with van der Waals surface area (Å²) in [6, 6.07) is 4.56. The molecule has 2 atom stereocenters. The highest BCUT2D eigenvalue weighted by Gasteiger charge is 2.32. The third kappa shape index (κ3) is 2.13. The van der Waals surface area contributed by atoms with Gasteiger partial charge in [-0.1, -0.05) is 6.92 Å². The molecule has 2 heterocycles. The summed E-state index contributed by atoms with van der Waals surface area (Å²) in [4.78, 5) is 14.4. The Morgan fingerprint density at radius 1 is 1.50 bits per heavy atom. The highest BCUT2D eigenvalue weighted by Crippen LogP contribution is 2.41. The van der Waals surface area contributed by atoms with Gasteiger partial charge in [-0.15, -0.1) is 0 Å². The molecular formula is C15H20BrN3O. The molecule has 2 N–H and O–H groups in total. The van der Waals surface area contributed by atoms with Crippen molar-refractivity contribution in [3.63, 3.8) is 0 Å². The largest absolute Gasteiger partial charge is 0.368 e. The summed E-state index contributed by atoms with van der Waals surface area (Å²) in [5.74, 6) is 0.0278. The molecule has 0 spiro atoms. The number of hydrogen-bond acceptors (Lipinski definition) is 3. The van der Waals surface area contributed by atoms with E-state index in [1.165, 1.54) is 18.5 Å². The number of amides is 1. The van der Waals surface area contributed by atoms with Gasteiger partial charge in [0, 0.05) is 28.3 Å². The predicted octanol–water partition coefficient (Wildman–Crippen LogP) is 3.04. The van der Waals surface area contributed by atoms with Crippen LogP contribution in [-0.2, 0) is 4.79 Å². The van der Waals surface area contributed by atoms with Gasteiger partial charge in [-0.05, 0) is 54.4 Å². The molecule has 20 heavy (non-hydrogen) atoms. The zero-order valence-corrected chi connectivity index (χ0v) is 13.5. The number of nitrogens with zero attached hydrogens (tertiary/aromatic N) is 1. The van der Waals surface area contributed by atoms with Crippen molar-refractivity contribution in [2.24, 2.45) is 0 Å². The van der Waals surface area contributed by atoms with Crippen LogP contribution >= 0.6 is 15.9 Å². The number of halogens is 1. The van der Waals surface area contributed by atoms with Crippen LogP contribution in [0.25, 0.3) is 0 Å². The first kappa shape index (κ1) is 13.9.